The first-order valence-electron chi connectivity index (χ1n) is 11.1. The van der Waals surface area contributed by atoms with Crippen molar-refractivity contribution in [3.8, 4) is 0 Å². The summed E-state index contributed by atoms with van der Waals surface area (Å²) in [5.41, 5.74) is 1.31. The summed E-state index contributed by atoms with van der Waals surface area (Å²) in [6.45, 7) is 24.4. The van der Waals surface area contributed by atoms with E-state index in [9.17, 15) is 0 Å². The summed E-state index contributed by atoms with van der Waals surface area (Å²) in [6, 6.07) is 0. The molecule has 0 radical (unpaired) electrons. The summed E-state index contributed by atoms with van der Waals surface area (Å²) in [6.07, 6.45) is 15.3. The maximum absolute atomic E-state index is 3.54. The van der Waals surface area contributed by atoms with Crippen LogP contribution >= 0.6 is 0 Å². The van der Waals surface area contributed by atoms with Crippen molar-refractivity contribution < 1.29 is 0 Å². The summed E-state index contributed by atoms with van der Waals surface area (Å²) in [4.78, 5) is 0. The Labute approximate surface area is 161 Å². The minimum absolute atomic E-state index is 1.11. The fourth-order valence-electron chi connectivity index (χ4n) is 4.13. The second-order valence-corrected chi connectivity index (χ2v) is 6.34. The zero-order chi connectivity index (χ0) is 20.3. The summed E-state index contributed by atoms with van der Waals surface area (Å²) in [5.74, 6) is 4.49. The number of hydrogen-bond acceptors (Lipinski definition) is 0. The lowest BCUT2D eigenvalue weighted by Crippen LogP contribution is -2.20. The molecule has 0 saturated heterocycles. The van der Waals surface area contributed by atoms with Crippen LogP contribution in [0.2, 0.25) is 0 Å². The summed E-state index contributed by atoms with van der Waals surface area (Å²) >= 11 is 0. The predicted octanol–water partition coefficient (Wildman–Crippen LogP) is 9.24. The molecule has 0 aliphatic heterocycles. The maximum Gasteiger partial charge on any atom is -0.0357 e. The predicted molar refractivity (Wildman–Crippen MR) is 121 cm³/mol. The highest BCUT2D eigenvalue weighted by atomic mass is 14.5. The van der Waals surface area contributed by atoms with Gasteiger partial charge in [-0.1, -0.05) is 105 Å². The minimum atomic E-state index is 1.11. The highest BCUT2D eigenvalue weighted by Crippen LogP contribution is 2.54. The normalized spacial score (nSPS) is 25.0. The average Bonchev–Trinajstić information content (AvgIpc) is 3.28. The first kappa shape index (κ1) is 29.0. The van der Waals surface area contributed by atoms with Gasteiger partial charge in [0.15, 0.2) is 0 Å². The molecule has 2 rings (SSSR count). The third-order valence-electron chi connectivity index (χ3n) is 4.89. The van der Waals surface area contributed by atoms with Crippen molar-refractivity contribution in [2.45, 2.75) is 101 Å². The molecule has 2 saturated carbocycles. The number of allylic oxidation sites excluding steroid dienone is 5. The van der Waals surface area contributed by atoms with Crippen molar-refractivity contribution in [3.05, 3.63) is 36.5 Å². The molecular formula is C25H50. The molecule has 4 unspecified atom stereocenters. The Morgan fingerprint density at radius 1 is 0.800 bits per heavy atom. The highest BCUT2D eigenvalue weighted by Gasteiger charge is 2.45. The van der Waals surface area contributed by atoms with Crippen LogP contribution in [0, 0.1) is 23.7 Å². The zero-order valence-corrected chi connectivity index (χ0v) is 19.4. The van der Waals surface area contributed by atoms with E-state index in [2.05, 4.69) is 34.3 Å². The van der Waals surface area contributed by atoms with E-state index in [0.717, 1.165) is 23.7 Å². The molecule has 0 aromatic rings. The molecule has 0 heterocycles. The van der Waals surface area contributed by atoms with Crippen molar-refractivity contribution in [1.82, 2.24) is 0 Å². The molecule has 2 aliphatic carbocycles. The second-order valence-electron chi connectivity index (χ2n) is 6.34. The van der Waals surface area contributed by atoms with Crippen LogP contribution < -0.4 is 0 Å². The number of hydrogen-bond donors (Lipinski definition) is 0. The lowest BCUT2D eigenvalue weighted by molar-refractivity contribution is 0.209. The molecule has 4 atom stereocenters. The average molecular weight is 351 g/mol. The number of rotatable bonds is 4. The van der Waals surface area contributed by atoms with Crippen LogP contribution in [0.25, 0.3) is 0 Å². The standard InChI is InChI=1S/C11H20.C8H12.3C2H6/c1-3-10-8-5-6-9(7-8)11(10)4-2;1-4-5-6-7-8(2)3;3*1-2/h8-11H,3-7H2,1-2H3;4-7H,1H2,2-3H3;3*1-2H3/b;6-5-;;;. The van der Waals surface area contributed by atoms with Gasteiger partial charge in [0.05, 0.1) is 0 Å². The molecular weight excluding hydrogens is 300 g/mol. The molecule has 0 amide bonds. The Kier molecular flexibility index (Phi) is 24.7. The van der Waals surface area contributed by atoms with E-state index < -0.39 is 0 Å². The van der Waals surface area contributed by atoms with Crippen molar-refractivity contribution >= 4 is 0 Å². The van der Waals surface area contributed by atoms with Gasteiger partial charge in [0.2, 0.25) is 0 Å². The van der Waals surface area contributed by atoms with Crippen molar-refractivity contribution in [2.24, 2.45) is 23.7 Å². The highest BCUT2D eigenvalue weighted by molar-refractivity contribution is 5.12. The quantitative estimate of drug-likeness (QED) is 0.443. The van der Waals surface area contributed by atoms with Crippen molar-refractivity contribution in [2.75, 3.05) is 0 Å². The summed E-state index contributed by atoms with van der Waals surface area (Å²) in [7, 11) is 0. The lowest BCUT2D eigenvalue weighted by Gasteiger charge is -2.29. The molecule has 0 heteroatoms. The minimum Gasteiger partial charge on any atom is -0.0991 e. The number of fused-ring (bicyclic) bond motifs is 2. The molecule has 0 aromatic carbocycles. The summed E-state index contributed by atoms with van der Waals surface area (Å²) < 4.78 is 0. The molecule has 25 heavy (non-hydrogen) atoms. The molecule has 2 aliphatic rings. The van der Waals surface area contributed by atoms with Crippen molar-refractivity contribution in [3.63, 3.8) is 0 Å². The lowest BCUT2D eigenvalue weighted by atomic mass is 9.77. The van der Waals surface area contributed by atoms with Crippen LogP contribution in [-0.2, 0) is 0 Å². The Balaban J connectivity index is -0.000000308. The van der Waals surface area contributed by atoms with Gasteiger partial charge in [-0.25, -0.2) is 0 Å². The molecule has 0 spiro atoms. The van der Waals surface area contributed by atoms with Gasteiger partial charge in [-0.2, -0.15) is 0 Å². The fraction of sp³-hybridized carbons (Fsp3) is 0.760. The van der Waals surface area contributed by atoms with Gasteiger partial charge in [-0.15, -0.1) is 0 Å². The molecule has 0 N–H and O–H groups in total. The second kappa shape index (κ2) is 21.3. The molecule has 0 aromatic heterocycles. The van der Waals surface area contributed by atoms with Gasteiger partial charge in [0.1, 0.15) is 0 Å². The van der Waals surface area contributed by atoms with Crippen LogP contribution in [0.4, 0.5) is 0 Å². The monoisotopic (exact) mass is 350 g/mol. The zero-order valence-electron chi connectivity index (χ0n) is 19.4. The van der Waals surface area contributed by atoms with Gasteiger partial charge in [0, 0.05) is 0 Å². The van der Waals surface area contributed by atoms with Crippen LogP contribution in [0.15, 0.2) is 36.5 Å². The maximum atomic E-state index is 3.54. The largest absolute Gasteiger partial charge is 0.0991 e. The van der Waals surface area contributed by atoms with E-state index in [-0.39, 0.29) is 0 Å². The van der Waals surface area contributed by atoms with Crippen LogP contribution in [0.5, 0.6) is 0 Å². The molecule has 2 fully saturated rings. The van der Waals surface area contributed by atoms with E-state index >= 15 is 0 Å². The van der Waals surface area contributed by atoms with Crippen LogP contribution in [0.1, 0.15) is 101 Å². The van der Waals surface area contributed by atoms with Gasteiger partial charge in [-0.3, -0.25) is 0 Å². The van der Waals surface area contributed by atoms with Gasteiger partial charge in [-0.05, 0) is 56.8 Å². The SMILES string of the molecule is C=C/C=C\C=C(C)C.CC.CC.CC.CCC1C2CCC(C2)C1CC. The van der Waals surface area contributed by atoms with E-state index in [1.807, 2.05) is 59.8 Å². The molecule has 150 valence electrons. The Bertz CT molecular complexity index is 301. The van der Waals surface area contributed by atoms with E-state index in [0.29, 0.717) is 0 Å². The summed E-state index contributed by atoms with van der Waals surface area (Å²) in [5, 5.41) is 0. The van der Waals surface area contributed by atoms with E-state index in [1.165, 1.54) is 18.4 Å². The van der Waals surface area contributed by atoms with Crippen molar-refractivity contribution in [1.29, 1.82) is 0 Å². The van der Waals surface area contributed by atoms with E-state index in [4.69, 9.17) is 0 Å². The van der Waals surface area contributed by atoms with Gasteiger partial charge < -0.3 is 0 Å². The van der Waals surface area contributed by atoms with Gasteiger partial charge in [0.25, 0.3) is 0 Å². The Morgan fingerprint density at radius 3 is 1.48 bits per heavy atom. The Morgan fingerprint density at radius 2 is 1.20 bits per heavy atom. The first-order valence-corrected chi connectivity index (χ1v) is 11.1. The van der Waals surface area contributed by atoms with E-state index in [1.54, 1.807) is 25.3 Å². The fourth-order valence-corrected chi connectivity index (χ4v) is 4.13. The molecule has 2 bridgehead atoms. The topological polar surface area (TPSA) is 0 Å². The van der Waals surface area contributed by atoms with Crippen LogP contribution in [-0.4, -0.2) is 0 Å². The Hall–Kier alpha value is -0.780. The smallest absolute Gasteiger partial charge is 0.0357 e. The van der Waals surface area contributed by atoms with Gasteiger partial charge >= 0.3 is 0 Å². The first-order chi connectivity index (χ1) is 12.1. The van der Waals surface area contributed by atoms with Crippen LogP contribution in [0.3, 0.4) is 0 Å². The third-order valence-corrected chi connectivity index (χ3v) is 4.89. The molecule has 0 nitrogen and oxygen atoms in total. The third kappa shape index (κ3) is 12.2.